The second-order valence-electron chi connectivity index (χ2n) is 9.62. The quantitative estimate of drug-likeness (QED) is 0.567. The van der Waals surface area contributed by atoms with Gasteiger partial charge in [0.25, 0.3) is 5.91 Å². The van der Waals surface area contributed by atoms with Crippen LogP contribution in [0.1, 0.15) is 23.1 Å². The van der Waals surface area contributed by atoms with Crippen LogP contribution in [0, 0.1) is 23.1 Å². The number of carbonyl (C=O) groups excluding carboxylic acids is 3. The number of hydrogen-bond acceptors (Lipinski definition) is 5. The summed E-state index contributed by atoms with van der Waals surface area (Å²) in [7, 11) is 0. The lowest BCUT2D eigenvalue weighted by Gasteiger charge is -2.47. The largest absolute Gasteiger partial charge is 0.416 e. The van der Waals surface area contributed by atoms with E-state index in [4.69, 9.17) is 10.00 Å². The molecule has 0 N–H and O–H groups in total. The summed E-state index contributed by atoms with van der Waals surface area (Å²) in [6.45, 7) is -0.126. The number of hydrogen-bond donors (Lipinski definition) is 0. The summed E-state index contributed by atoms with van der Waals surface area (Å²) in [6, 6.07) is 9.64. The second-order valence-corrected chi connectivity index (χ2v) is 9.62. The molecule has 1 spiro atoms. The Morgan fingerprint density at radius 2 is 1.84 bits per heavy atom. The molecule has 38 heavy (non-hydrogen) atoms. The van der Waals surface area contributed by atoms with Gasteiger partial charge in [-0.25, -0.2) is 4.39 Å². The van der Waals surface area contributed by atoms with Crippen molar-refractivity contribution < 1.29 is 36.7 Å². The summed E-state index contributed by atoms with van der Waals surface area (Å²) in [5, 5.41) is 9.05. The third-order valence-electron chi connectivity index (χ3n) is 7.29. The fraction of sp³-hybridized carbons (Fsp3) is 0.385. The standard InChI is InChI=1S/C26H22F4N4O4/c27-20-9-17(10-31)3-6-21(20)33-12-22(35)34(11-16-1-4-19(5-2-16)26(28,29)30)25(24(33)37)7-8-32(15-25)23(36)18-13-38-14-18/h1-6,9,18H,7-8,11-15H2/t25-/m0/s1. The van der Waals surface area contributed by atoms with Crippen molar-refractivity contribution in [2.45, 2.75) is 24.7 Å². The smallest absolute Gasteiger partial charge is 0.380 e. The highest BCUT2D eigenvalue weighted by Crippen LogP contribution is 2.38. The maximum Gasteiger partial charge on any atom is 0.416 e. The highest BCUT2D eigenvalue weighted by Gasteiger charge is 2.57. The molecule has 0 aliphatic carbocycles. The minimum Gasteiger partial charge on any atom is -0.380 e. The Labute approximate surface area is 215 Å². The lowest BCUT2D eigenvalue weighted by molar-refractivity contribution is -0.154. The van der Waals surface area contributed by atoms with Crippen molar-refractivity contribution in [1.82, 2.24) is 9.80 Å². The lowest BCUT2D eigenvalue weighted by Crippen LogP contribution is -2.69. The van der Waals surface area contributed by atoms with Crippen LogP contribution in [0.3, 0.4) is 0 Å². The number of halogens is 4. The number of benzene rings is 2. The Morgan fingerprint density at radius 1 is 1.13 bits per heavy atom. The van der Waals surface area contributed by atoms with E-state index in [1.165, 1.54) is 34.1 Å². The predicted octanol–water partition coefficient (Wildman–Crippen LogP) is 2.71. The second kappa shape index (κ2) is 9.40. The Bertz CT molecular complexity index is 1340. The molecule has 0 radical (unpaired) electrons. The zero-order valence-corrected chi connectivity index (χ0v) is 20.0. The molecular formula is C26H22F4N4O4. The van der Waals surface area contributed by atoms with Gasteiger partial charge in [-0.1, -0.05) is 12.1 Å². The molecule has 3 fully saturated rings. The van der Waals surface area contributed by atoms with E-state index in [-0.39, 0.29) is 62.3 Å². The fourth-order valence-electron chi connectivity index (χ4n) is 5.12. The van der Waals surface area contributed by atoms with Crippen LogP contribution in [0.5, 0.6) is 0 Å². The van der Waals surface area contributed by atoms with E-state index in [0.717, 1.165) is 23.1 Å². The number of ether oxygens (including phenoxy) is 1. The monoisotopic (exact) mass is 530 g/mol. The summed E-state index contributed by atoms with van der Waals surface area (Å²) in [5.41, 5.74) is -2.15. The van der Waals surface area contributed by atoms with Crippen LogP contribution in [-0.4, -0.2) is 65.9 Å². The lowest BCUT2D eigenvalue weighted by atomic mass is 9.89. The average molecular weight is 530 g/mol. The van der Waals surface area contributed by atoms with E-state index in [2.05, 4.69) is 0 Å². The highest BCUT2D eigenvalue weighted by atomic mass is 19.4. The van der Waals surface area contributed by atoms with Crippen molar-refractivity contribution in [2.24, 2.45) is 5.92 Å². The van der Waals surface area contributed by atoms with Crippen molar-refractivity contribution in [3.8, 4) is 6.07 Å². The highest BCUT2D eigenvalue weighted by molar-refractivity contribution is 6.10. The maximum atomic E-state index is 14.9. The maximum absolute atomic E-state index is 14.9. The number of anilines is 1. The topological polar surface area (TPSA) is 94.0 Å². The molecule has 0 bridgehead atoms. The first-order chi connectivity index (χ1) is 18.0. The van der Waals surface area contributed by atoms with Crippen molar-refractivity contribution in [1.29, 1.82) is 5.26 Å². The van der Waals surface area contributed by atoms with Crippen molar-refractivity contribution in [3.05, 3.63) is 65.0 Å². The molecule has 0 aromatic heterocycles. The van der Waals surface area contributed by atoms with Crippen LogP contribution in [0.2, 0.25) is 0 Å². The molecule has 198 valence electrons. The van der Waals surface area contributed by atoms with Gasteiger partial charge in [-0.3, -0.25) is 19.3 Å². The van der Waals surface area contributed by atoms with E-state index in [9.17, 15) is 31.9 Å². The Kier molecular flexibility index (Phi) is 6.35. The molecule has 2 aromatic rings. The normalized spacial score (nSPS) is 22.1. The van der Waals surface area contributed by atoms with E-state index in [1.54, 1.807) is 0 Å². The number of alkyl halides is 3. The predicted molar refractivity (Wildman–Crippen MR) is 124 cm³/mol. The van der Waals surface area contributed by atoms with Crippen molar-refractivity contribution in [3.63, 3.8) is 0 Å². The molecule has 1 atom stereocenters. The zero-order valence-electron chi connectivity index (χ0n) is 20.0. The van der Waals surface area contributed by atoms with Gasteiger partial charge >= 0.3 is 6.18 Å². The molecule has 3 amide bonds. The molecule has 3 heterocycles. The minimum atomic E-state index is -4.53. The van der Waals surface area contributed by atoms with Gasteiger partial charge in [0, 0.05) is 13.1 Å². The number of carbonyl (C=O) groups is 3. The number of nitriles is 1. The van der Waals surface area contributed by atoms with Gasteiger partial charge < -0.3 is 14.5 Å². The third kappa shape index (κ3) is 4.36. The van der Waals surface area contributed by atoms with Gasteiger partial charge in [-0.15, -0.1) is 0 Å². The van der Waals surface area contributed by atoms with Gasteiger partial charge in [0.05, 0.1) is 48.6 Å². The summed E-state index contributed by atoms with van der Waals surface area (Å²) in [5.74, 6) is -2.57. The first-order valence-corrected chi connectivity index (χ1v) is 11.9. The Hall–Kier alpha value is -3.98. The van der Waals surface area contributed by atoms with Crippen LogP contribution < -0.4 is 4.90 Å². The molecule has 12 heteroatoms. The molecule has 5 rings (SSSR count). The number of piperazine rings is 1. The molecule has 0 unspecified atom stereocenters. The fourth-order valence-corrected chi connectivity index (χ4v) is 5.12. The van der Waals surface area contributed by atoms with E-state index in [1.807, 2.05) is 6.07 Å². The van der Waals surface area contributed by atoms with E-state index < -0.39 is 41.5 Å². The van der Waals surface area contributed by atoms with Gasteiger partial charge in [0.15, 0.2) is 0 Å². The van der Waals surface area contributed by atoms with E-state index in [0.29, 0.717) is 5.56 Å². The number of amides is 3. The van der Waals surface area contributed by atoms with Crippen molar-refractivity contribution >= 4 is 23.4 Å². The molecular weight excluding hydrogens is 508 g/mol. The van der Waals surface area contributed by atoms with Crippen LogP contribution in [0.15, 0.2) is 42.5 Å². The van der Waals surface area contributed by atoms with Gasteiger partial charge in [0.1, 0.15) is 17.9 Å². The van der Waals surface area contributed by atoms with E-state index >= 15 is 0 Å². The molecule has 8 nitrogen and oxygen atoms in total. The molecule has 2 aromatic carbocycles. The summed E-state index contributed by atoms with van der Waals surface area (Å²) in [6.07, 6.45) is -4.45. The number of nitrogens with zero attached hydrogens (tertiary/aromatic N) is 4. The van der Waals surface area contributed by atoms with Crippen molar-refractivity contribution in [2.75, 3.05) is 37.7 Å². The Morgan fingerprint density at radius 3 is 2.42 bits per heavy atom. The number of rotatable bonds is 4. The zero-order chi connectivity index (χ0) is 27.2. The van der Waals surface area contributed by atoms with Crippen LogP contribution >= 0.6 is 0 Å². The molecule has 0 saturated carbocycles. The van der Waals surface area contributed by atoms with Gasteiger partial charge in [0.2, 0.25) is 11.8 Å². The van der Waals surface area contributed by atoms with Crippen LogP contribution in [0.4, 0.5) is 23.2 Å². The van der Waals surface area contributed by atoms with Gasteiger partial charge in [-0.05, 0) is 42.3 Å². The Balaban J connectivity index is 1.49. The van der Waals surface area contributed by atoms with Crippen LogP contribution in [-0.2, 0) is 31.8 Å². The first-order valence-electron chi connectivity index (χ1n) is 11.9. The summed E-state index contributed by atoms with van der Waals surface area (Å²) >= 11 is 0. The van der Waals surface area contributed by atoms with Gasteiger partial charge in [-0.2, -0.15) is 18.4 Å². The minimum absolute atomic E-state index is 0.0426. The van der Waals surface area contributed by atoms with Crippen LogP contribution in [0.25, 0.3) is 0 Å². The first kappa shape index (κ1) is 25.7. The summed E-state index contributed by atoms with van der Waals surface area (Å²) < 4.78 is 59.1. The molecule has 3 aliphatic heterocycles. The summed E-state index contributed by atoms with van der Waals surface area (Å²) in [4.78, 5) is 44.2. The SMILES string of the molecule is N#Cc1ccc(N2CC(=O)N(Cc3ccc(C(F)(F)F)cc3)[C@]3(CCN(C(=O)C4COC4)C3)C2=O)c(F)c1. The third-order valence-corrected chi connectivity index (χ3v) is 7.29. The number of likely N-dealkylation sites (tertiary alicyclic amines) is 1. The molecule has 3 aliphatic rings. The molecule has 3 saturated heterocycles. The average Bonchev–Trinajstić information content (AvgIpc) is 3.29.